The highest BCUT2D eigenvalue weighted by molar-refractivity contribution is 7.92. The van der Waals surface area contributed by atoms with Crippen molar-refractivity contribution in [3.8, 4) is 11.5 Å². The molecule has 0 saturated carbocycles. The van der Waals surface area contributed by atoms with Gasteiger partial charge in [0.25, 0.3) is 15.9 Å². The van der Waals surface area contributed by atoms with Gasteiger partial charge in [-0.25, -0.2) is 8.42 Å². The van der Waals surface area contributed by atoms with E-state index in [-0.39, 0.29) is 10.8 Å². The first-order chi connectivity index (χ1) is 15.4. The highest BCUT2D eigenvalue weighted by Crippen LogP contribution is 2.33. The molecule has 32 heavy (non-hydrogen) atoms. The van der Waals surface area contributed by atoms with Gasteiger partial charge in [-0.1, -0.05) is 24.3 Å². The molecular weight excluding hydrogens is 428 g/mol. The number of ether oxygens (including phenoxy) is 2. The van der Waals surface area contributed by atoms with E-state index in [9.17, 15) is 13.2 Å². The molecule has 0 aliphatic carbocycles. The molecule has 1 aliphatic heterocycles. The number of hydrogen-bond acceptors (Lipinski definition) is 5. The number of carbonyl (C=O) groups is 1. The highest BCUT2D eigenvalue weighted by atomic mass is 32.2. The summed E-state index contributed by atoms with van der Waals surface area (Å²) in [5.41, 5.74) is 2.70. The second-order valence-electron chi connectivity index (χ2n) is 7.39. The van der Waals surface area contributed by atoms with E-state index in [1.54, 1.807) is 35.2 Å². The summed E-state index contributed by atoms with van der Waals surface area (Å²) in [6.45, 7) is 0.576. The Morgan fingerprint density at radius 2 is 1.69 bits per heavy atom. The van der Waals surface area contributed by atoms with Gasteiger partial charge in [0.1, 0.15) is 0 Å². The molecular formula is C24H24N2O5S. The van der Waals surface area contributed by atoms with Gasteiger partial charge in [-0.3, -0.25) is 9.52 Å². The number of aryl methyl sites for hydroxylation is 1. The van der Waals surface area contributed by atoms with Crippen LogP contribution in [0.1, 0.15) is 22.3 Å². The number of rotatable bonds is 6. The molecule has 166 valence electrons. The van der Waals surface area contributed by atoms with Crippen molar-refractivity contribution < 1.29 is 22.7 Å². The molecule has 3 aromatic carbocycles. The van der Waals surface area contributed by atoms with Crippen LogP contribution in [0.5, 0.6) is 11.5 Å². The third-order valence-electron chi connectivity index (χ3n) is 5.39. The van der Waals surface area contributed by atoms with E-state index in [1.165, 1.54) is 26.4 Å². The number of nitrogens with one attached hydrogen (secondary N) is 1. The lowest BCUT2D eigenvalue weighted by atomic mass is 10.00. The number of hydrogen-bond donors (Lipinski definition) is 1. The maximum Gasteiger partial charge on any atom is 0.262 e. The van der Waals surface area contributed by atoms with Crippen molar-refractivity contribution in [1.82, 2.24) is 0 Å². The second-order valence-corrected chi connectivity index (χ2v) is 9.07. The summed E-state index contributed by atoms with van der Waals surface area (Å²) in [5, 5.41) is 0. The smallest absolute Gasteiger partial charge is 0.262 e. The normalized spacial score (nSPS) is 13.2. The van der Waals surface area contributed by atoms with Crippen LogP contribution in [0, 0.1) is 0 Å². The number of nitrogens with zero attached hydrogens (tertiary/aromatic N) is 1. The monoisotopic (exact) mass is 452 g/mol. The van der Waals surface area contributed by atoms with E-state index < -0.39 is 10.0 Å². The van der Waals surface area contributed by atoms with Crippen LogP contribution >= 0.6 is 0 Å². The first-order valence-electron chi connectivity index (χ1n) is 10.2. The minimum absolute atomic E-state index is 0.0464. The zero-order valence-corrected chi connectivity index (χ0v) is 18.7. The lowest BCUT2D eigenvalue weighted by Crippen LogP contribution is -2.35. The summed E-state index contributed by atoms with van der Waals surface area (Å²) in [5.74, 6) is 0.655. The van der Waals surface area contributed by atoms with Gasteiger partial charge < -0.3 is 14.4 Å². The standard InChI is InChI=1S/C24H24N2O5S/c1-30-22-13-12-20(16-23(22)31-2)32(28,29)25-19-11-10-17-9-6-14-26(21(17)15-19)24(27)18-7-4-3-5-8-18/h3-5,7-8,10-13,15-16,25H,6,9,14H2,1-2H3. The third kappa shape index (κ3) is 4.27. The molecule has 3 aromatic rings. The van der Waals surface area contributed by atoms with E-state index in [0.29, 0.717) is 29.3 Å². The molecule has 7 nitrogen and oxygen atoms in total. The van der Waals surface area contributed by atoms with Crippen LogP contribution in [0.2, 0.25) is 0 Å². The second kappa shape index (κ2) is 8.92. The Morgan fingerprint density at radius 3 is 2.41 bits per heavy atom. The van der Waals surface area contributed by atoms with Gasteiger partial charge in [0.15, 0.2) is 11.5 Å². The number of methoxy groups -OCH3 is 2. The first kappa shape index (κ1) is 21.7. The summed E-state index contributed by atoms with van der Waals surface area (Å²) in [6, 6.07) is 18.8. The topological polar surface area (TPSA) is 84.9 Å². The lowest BCUT2D eigenvalue weighted by Gasteiger charge is -2.30. The van der Waals surface area contributed by atoms with Crippen LogP contribution in [-0.2, 0) is 16.4 Å². The molecule has 0 atom stereocenters. The molecule has 1 heterocycles. The Kier molecular flexibility index (Phi) is 6.05. The van der Waals surface area contributed by atoms with Crippen LogP contribution < -0.4 is 19.1 Å². The quantitative estimate of drug-likeness (QED) is 0.609. The van der Waals surface area contributed by atoms with Crippen molar-refractivity contribution >= 4 is 27.3 Å². The van der Waals surface area contributed by atoms with E-state index in [0.717, 1.165) is 24.1 Å². The fourth-order valence-corrected chi connectivity index (χ4v) is 4.85. The van der Waals surface area contributed by atoms with E-state index in [4.69, 9.17) is 9.47 Å². The van der Waals surface area contributed by atoms with Crippen LogP contribution in [0.15, 0.2) is 71.6 Å². The van der Waals surface area contributed by atoms with Gasteiger partial charge in [0.2, 0.25) is 0 Å². The number of sulfonamides is 1. The predicted octanol–water partition coefficient (Wildman–Crippen LogP) is 4.10. The van der Waals surface area contributed by atoms with Crippen LogP contribution in [0.25, 0.3) is 0 Å². The summed E-state index contributed by atoms with van der Waals surface area (Å²) in [4.78, 5) is 14.8. The van der Waals surface area contributed by atoms with Crippen molar-refractivity contribution in [1.29, 1.82) is 0 Å². The zero-order chi connectivity index (χ0) is 22.7. The fourth-order valence-electron chi connectivity index (χ4n) is 3.78. The molecule has 8 heteroatoms. The summed E-state index contributed by atoms with van der Waals surface area (Å²) >= 11 is 0. The Labute approximate surface area is 187 Å². The lowest BCUT2D eigenvalue weighted by molar-refractivity contribution is 0.0985. The fraction of sp³-hybridized carbons (Fsp3) is 0.208. The van der Waals surface area contributed by atoms with Gasteiger partial charge in [-0.2, -0.15) is 0 Å². The van der Waals surface area contributed by atoms with Crippen molar-refractivity contribution in [2.24, 2.45) is 0 Å². The average molecular weight is 453 g/mol. The summed E-state index contributed by atoms with van der Waals surface area (Å²) in [7, 11) is -0.942. The minimum Gasteiger partial charge on any atom is -0.493 e. The van der Waals surface area contributed by atoms with Crippen molar-refractivity contribution in [3.63, 3.8) is 0 Å². The highest BCUT2D eigenvalue weighted by Gasteiger charge is 2.25. The van der Waals surface area contributed by atoms with Crippen molar-refractivity contribution in [2.75, 3.05) is 30.4 Å². The van der Waals surface area contributed by atoms with E-state index in [2.05, 4.69) is 4.72 Å². The summed E-state index contributed by atoms with van der Waals surface area (Å²) in [6.07, 6.45) is 1.68. The third-order valence-corrected chi connectivity index (χ3v) is 6.77. The Morgan fingerprint density at radius 1 is 0.938 bits per heavy atom. The average Bonchev–Trinajstić information content (AvgIpc) is 2.83. The number of carbonyl (C=O) groups excluding carboxylic acids is 1. The molecule has 0 fully saturated rings. The molecule has 1 N–H and O–H groups in total. The van der Waals surface area contributed by atoms with Crippen molar-refractivity contribution in [2.45, 2.75) is 17.7 Å². The molecule has 1 amide bonds. The Hall–Kier alpha value is -3.52. The van der Waals surface area contributed by atoms with E-state index >= 15 is 0 Å². The van der Waals surface area contributed by atoms with Gasteiger partial charge in [-0.15, -0.1) is 0 Å². The van der Waals surface area contributed by atoms with Gasteiger partial charge in [0, 0.05) is 23.9 Å². The minimum atomic E-state index is -3.88. The van der Waals surface area contributed by atoms with Crippen LogP contribution in [0.4, 0.5) is 11.4 Å². The Balaban J connectivity index is 1.64. The molecule has 0 spiro atoms. The van der Waals surface area contributed by atoms with E-state index in [1.807, 2.05) is 24.3 Å². The van der Waals surface area contributed by atoms with Gasteiger partial charge >= 0.3 is 0 Å². The molecule has 0 unspecified atom stereocenters. The van der Waals surface area contributed by atoms with Crippen molar-refractivity contribution in [3.05, 3.63) is 77.9 Å². The van der Waals surface area contributed by atoms with Crippen LogP contribution in [0.3, 0.4) is 0 Å². The number of anilines is 2. The predicted molar refractivity (Wildman–Crippen MR) is 123 cm³/mol. The molecule has 0 saturated heterocycles. The van der Waals surface area contributed by atoms with Crippen LogP contribution in [-0.4, -0.2) is 35.1 Å². The van der Waals surface area contributed by atoms with Gasteiger partial charge in [-0.05, 0) is 54.8 Å². The van der Waals surface area contributed by atoms with Gasteiger partial charge in [0.05, 0.1) is 24.8 Å². The zero-order valence-electron chi connectivity index (χ0n) is 17.9. The number of fused-ring (bicyclic) bond motifs is 1. The number of benzene rings is 3. The largest absolute Gasteiger partial charge is 0.493 e. The number of amides is 1. The Bertz CT molecular complexity index is 1240. The SMILES string of the molecule is COc1ccc(S(=O)(=O)Nc2ccc3c(c2)N(C(=O)c2ccccc2)CCC3)cc1OC. The summed E-state index contributed by atoms with van der Waals surface area (Å²) < 4.78 is 39.0. The molecule has 0 aromatic heterocycles. The first-order valence-corrected chi connectivity index (χ1v) is 11.7. The molecule has 0 bridgehead atoms. The molecule has 1 aliphatic rings. The molecule has 0 radical (unpaired) electrons. The maximum absolute atomic E-state index is 13.1. The maximum atomic E-state index is 13.1. The molecule has 4 rings (SSSR count).